The van der Waals surface area contributed by atoms with Crippen LogP contribution in [0.4, 0.5) is 16.3 Å². The van der Waals surface area contributed by atoms with E-state index in [4.69, 9.17) is 5.10 Å². The number of pyridine rings is 1. The van der Waals surface area contributed by atoms with Gasteiger partial charge in [0.2, 0.25) is 10.0 Å². The number of aromatic amines is 1. The average Bonchev–Trinajstić information content (AvgIpc) is 3.24. The molecule has 4 rings (SSSR count). The number of aromatic nitrogens is 3. The highest BCUT2D eigenvalue weighted by molar-refractivity contribution is 7.89. The number of carboxylic acid groups (broad SMARTS) is 1. The van der Waals surface area contributed by atoms with Crippen molar-refractivity contribution in [2.75, 3.05) is 26.0 Å². The largest absolute Gasteiger partial charge is 0.465 e. The number of sulfonamides is 1. The van der Waals surface area contributed by atoms with Crippen LogP contribution in [-0.4, -0.2) is 70.3 Å². The molecule has 202 valence electrons. The molecule has 1 aliphatic heterocycles. The van der Waals surface area contributed by atoms with Crippen LogP contribution in [0.3, 0.4) is 0 Å². The second-order valence-corrected chi connectivity index (χ2v) is 12.2. The lowest BCUT2D eigenvalue weighted by atomic mass is 9.77. The molecule has 2 unspecified atom stereocenters. The lowest BCUT2D eigenvalue weighted by Gasteiger charge is -2.46. The van der Waals surface area contributed by atoms with Gasteiger partial charge in [0, 0.05) is 38.6 Å². The number of H-pyrrole nitrogens is 1. The topological polar surface area (TPSA) is 164 Å². The zero-order valence-corrected chi connectivity index (χ0v) is 22.5. The van der Waals surface area contributed by atoms with Crippen molar-refractivity contribution < 1.29 is 18.3 Å². The first-order valence-corrected chi connectivity index (χ1v) is 13.6. The minimum absolute atomic E-state index is 0.00394. The Morgan fingerprint density at radius 2 is 2.00 bits per heavy atom. The first-order chi connectivity index (χ1) is 17.9. The third kappa shape index (κ3) is 4.72. The van der Waals surface area contributed by atoms with Crippen molar-refractivity contribution in [1.82, 2.24) is 24.0 Å². The van der Waals surface area contributed by atoms with Gasteiger partial charge in [-0.25, -0.2) is 17.5 Å². The predicted molar refractivity (Wildman–Crippen MR) is 142 cm³/mol. The molecular formula is C25H31N7O5S. The number of nitriles is 1. The van der Waals surface area contributed by atoms with Gasteiger partial charge in [-0.1, -0.05) is 13.8 Å². The van der Waals surface area contributed by atoms with Gasteiger partial charge >= 0.3 is 6.09 Å². The molecule has 38 heavy (non-hydrogen) atoms. The van der Waals surface area contributed by atoms with E-state index in [-0.39, 0.29) is 46.6 Å². The summed E-state index contributed by atoms with van der Waals surface area (Å²) in [5.74, 6) is 0.258. The number of rotatable bonds is 7. The molecule has 2 atom stereocenters. The summed E-state index contributed by atoms with van der Waals surface area (Å²) in [4.78, 5) is 29.1. The maximum atomic E-state index is 12.9. The molecule has 0 bridgehead atoms. The van der Waals surface area contributed by atoms with E-state index < -0.39 is 21.7 Å². The van der Waals surface area contributed by atoms with E-state index in [9.17, 15) is 28.4 Å². The van der Waals surface area contributed by atoms with Gasteiger partial charge in [0.05, 0.1) is 28.4 Å². The Balaban J connectivity index is 1.80. The molecule has 3 N–H and O–H groups in total. The third-order valence-electron chi connectivity index (χ3n) is 7.18. The number of nitrogens with one attached hydrogen (secondary N) is 2. The van der Waals surface area contributed by atoms with Crippen molar-refractivity contribution in [2.45, 2.75) is 49.6 Å². The Morgan fingerprint density at radius 1 is 1.32 bits per heavy atom. The molecule has 2 aromatic heterocycles. The van der Waals surface area contributed by atoms with Crippen LogP contribution < -0.4 is 10.9 Å². The molecule has 0 radical (unpaired) electrons. The molecular weight excluding hydrogens is 510 g/mol. The van der Waals surface area contributed by atoms with Crippen LogP contribution in [0.25, 0.3) is 10.9 Å². The fraction of sp³-hybridized carbons (Fsp3) is 0.440. The van der Waals surface area contributed by atoms with Gasteiger partial charge in [-0.15, -0.1) is 0 Å². The number of fused-ring (bicyclic) bond motifs is 1. The van der Waals surface area contributed by atoms with Crippen molar-refractivity contribution in [3.05, 3.63) is 46.9 Å². The highest BCUT2D eigenvalue weighted by Crippen LogP contribution is 2.41. The average molecular weight is 542 g/mol. The summed E-state index contributed by atoms with van der Waals surface area (Å²) in [7, 11) is -0.696. The molecule has 0 saturated carbocycles. The standard InChI is InChI=1S/C25H31N7O5S/c1-16(2)20-15-25(10-12-26,11-14-31(20)24(34)35)32-19-9-13-27-23(33)21(19)22(29-32)28-17-5-7-18(8-6-17)38(36,37)30(3)4/h5-9,13,16,20H,10-11,14-15H2,1-4H3,(H,27,33)(H,28,29)(H,34,35). The SMILES string of the molecule is CC(C)C1CC(CC#N)(n2nc(Nc3ccc(S(=O)(=O)N(C)C)cc3)c3c(=O)[nH]ccc32)CCN1C(=O)O. The fourth-order valence-corrected chi connectivity index (χ4v) is 5.99. The van der Waals surface area contributed by atoms with E-state index in [2.05, 4.69) is 16.4 Å². The van der Waals surface area contributed by atoms with Gasteiger partial charge in [0.1, 0.15) is 5.39 Å². The van der Waals surface area contributed by atoms with E-state index >= 15 is 0 Å². The zero-order valence-electron chi connectivity index (χ0n) is 21.7. The first-order valence-electron chi connectivity index (χ1n) is 12.2. The third-order valence-corrected chi connectivity index (χ3v) is 9.01. The summed E-state index contributed by atoms with van der Waals surface area (Å²) < 4.78 is 27.6. The van der Waals surface area contributed by atoms with Gasteiger partial charge in [0.25, 0.3) is 5.56 Å². The summed E-state index contributed by atoms with van der Waals surface area (Å²) in [6.07, 6.45) is 1.32. The molecule has 1 fully saturated rings. The minimum atomic E-state index is -3.60. The monoisotopic (exact) mass is 541 g/mol. The van der Waals surface area contributed by atoms with Crippen molar-refractivity contribution in [3.63, 3.8) is 0 Å². The number of piperidine rings is 1. The Bertz CT molecular complexity index is 1550. The molecule has 0 spiro atoms. The zero-order chi connectivity index (χ0) is 27.8. The minimum Gasteiger partial charge on any atom is -0.465 e. The van der Waals surface area contributed by atoms with Gasteiger partial charge in [0.15, 0.2) is 5.82 Å². The number of hydrogen-bond acceptors (Lipinski definition) is 7. The van der Waals surface area contributed by atoms with E-state index in [1.165, 1.54) is 37.3 Å². The summed E-state index contributed by atoms with van der Waals surface area (Å²) >= 11 is 0. The van der Waals surface area contributed by atoms with Crippen molar-refractivity contribution in [1.29, 1.82) is 5.26 Å². The van der Waals surface area contributed by atoms with Crippen molar-refractivity contribution >= 4 is 38.5 Å². The smallest absolute Gasteiger partial charge is 0.407 e. The quantitative estimate of drug-likeness (QED) is 0.410. The van der Waals surface area contributed by atoms with E-state index in [0.717, 1.165) is 4.31 Å². The molecule has 1 aromatic carbocycles. The van der Waals surface area contributed by atoms with Gasteiger partial charge in [-0.05, 0) is 49.1 Å². The molecule has 12 nitrogen and oxygen atoms in total. The Morgan fingerprint density at radius 3 is 2.58 bits per heavy atom. The Hall–Kier alpha value is -3.89. The number of likely N-dealkylation sites (tertiary alicyclic amines) is 1. The number of anilines is 2. The fourth-order valence-electron chi connectivity index (χ4n) is 5.09. The second kappa shape index (κ2) is 10.1. The normalized spacial score (nSPS) is 20.1. The van der Waals surface area contributed by atoms with E-state index in [1.54, 1.807) is 22.9 Å². The number of carbonyl (C=O) groups is 1. The predicted octanol–water partition coefficient (Wildman–Crippen LogP) is 3.13. The van der Waals surface area contributed by atoms with Crippen LogP contribution in [0.5, 0.6) is 0 Å². The Labute approximate surface area is 220 Å². The molecule has 0 aliphatic carbocycles. The molecule has 3 heterocycles. The van der Waals surface area contributed by atoms with Crippen LogP contribution >= 0.6 is 0 Å². The van der Waals surface area contributed by atoms with Gasteiger partial charge in [-0.2, -0.15) is 10.4 Å². The lowest BCUT2D eigenvalue weighted by molar-refractivity contribution is 0.0339. The van der Waals surface area contributed by atoms with Crippen molar-refractivity contribution in [2.24, 2.45) is 5.92 Å². The van der Waals surface area contributed by atoms with Crippen LogP contribution in [-0.2, 0) is 15.6 Å². The maximum absolute atomic E-state index is 12.9. The van der Waals surface area contributed by atoms with E-state index in [1.807, 2.05) is 13.8 Å². The first kappa shape index (κ1) is 27.2. The van der Waals surface area contributed by atoms with Crippen LogP contribution in [0.15, 0.2) is 46.2 Å². The molecule has 1 saturated heterocycles. The second-order valence-electron chi connectivity index (χ2n) is 10.1. The van der Waals surface area contributed by atoms with Gasteiger partial charge < -0.3 is 20.3 Å². The summed E-state index contributed by atoms with van der Waals surface area (Å²) in [6, 6.07) is 9.74. The van der Waals surface area contributed by atoms with Gasteiger partial charge in [-0.3, -0.25) is 9.48 Å². The van der Waals surface area contributed by atoms with Crippen LogP contribution in [0.1, 0.15) is 33.1 Å². The van der Waals surface area contributed by atoms with Crippen LogP contribution in [0.2, 0.25) is 0 Å². The number of amides is 1. The van der Waals surface area contributed by atoms with Crippen molar-refractivity contribution in [3.8, 4) is 6.07 Å². The molecule has 3 aromatic rings. The number of hydrogen-bond donors (Lipinski definition) is 3. The Kier molecular flexibility index (Phi) is 7.22. The highest BCUT2D eigenvalue weighted by atomic mass is 32.2. The maximum Gasteiger partial charge on any atom is 0.407 e. The lowest BCUT2D eigenvalue weighted by Crippen LogP contribution is -2.55. The van der Waals surface area contributed by atoms with E-state index in [0.29, 0.717) is 24.0 Å². The molecule has 13 heteroatoms. The van der Waals surface area contributed by atoms with Crippen LogP contribution in [0, 0.1) is 17.2 Å². The number of benzene rings is 1. The number of nitrogens with zero attached hydrogens (tertiary/aromatic N) is 5. The molecule has 1 aliphatic rings. The summed E-state index contributed by atoms with van der Waals surface area (Å²) in [6.45, 7) is 4.12. The molecule has 1 amide bonds. The highest BCUT2D eigenvalue weighted by Gasteiger charge is 2.45. The summed E-state index contributed by atoms with van der Waals surface area (Å²) in [5.41, 5.74) is -0.165. The summed E-state index contributed by atoms with van der Waals surface area (Å²) in [5, 5.41) is 27.7.